The zero-order valence-electron chi connectivity index (χ0n) is 12.4. The number of carbonyl (C=O) groups excluding carboxylic acids is 1. The second kappa shape index (κ2) is 7.17. The Hall–Kier alpha value is -3.21. The van der Waals surface area contributed by atoms with Crippen molar-refractivity contribution in [2.24, 2.45) is 5.10 Å². The largest absolute Gasteiger partial charge is 0.376 e. The highest BCUT2D eigenvalue weighted by atomic mass is 16.2. The van der Waals surface area contributed by atoms with Crippen molar-refractivity contribution in [2.75, 3.05) is 11.9 Å². The Morgan fingerprint density at radius 1 is 1.04 bits per heavy atom. The van der Waals surface area contributed by atoms with Gasteiger partial charge in [0, 0.05) is 23.5 Å². The number of hydrazone groups is 1. The van der Waals surface area contributed by atoms with E-state index in [1.807, 2.05) is 54.6 Å². The van der Waals surface area contributed by atoms with E-state index in [4.69, 9.17) is 0 Å². The molecule has 114 valence electrons. The number of nitrogens with zero attached hydrogens (tertiary/aromatic N) is 2. The molecule has 1 aromatic heterocycles. The van der Waals surface area contributed by atoms with Crippen LogP contribution >= 0.6 is 0 Å². The van der Waals surface area contributed by atoms with Crippen LogP contribution in [0.15, 0.2) is 72.1 Å². The van der Waals surface area contributed by atoms with Gasteiger partial charge in [-0.15, -0.1) is 0 Å². The Bertz CT molecular complexity index is 825. The molecule has 0 saturated carbocycles. The predicted molar refractivity (Wildman–Crippen MR) is 92.4 cm³/mol. The van der Waals surface area contributed by atoms with Crippen molar-refractivity contribution < 1.29 is 4.79 Å². The number of rotatable bonds is 5. The fourth-order valence-corrected chi connectivity index (χ4v) is 2.22. The third-order valence-electron chi connectivity index (χ3n) is 3.34. The Morgan fingerprint density at radius 3 is 2.70 bits per heavy atom. The smallest absolute Gasteiger partial charge is 0.259 e. The van der Waals surface area contributed by atoms with Gasteiger partial charge >= 0.3 is 0 Å². The summed E-state index contributed by atoms with van der Waals surface area (Å²) in [5, 5.41) is 9.28. The number of carbonyl (C=O) groups is 1. The van der Waals surface area contributed by atoms with Gasteiger partial charge in [-0.1, -0.05) is 36.4 Å². The minimum Gasteiger partial charge on any atom is -0.376 e. The van der Waals surface area contributed by atoms with E-state index < -0.39 is 0 Å². The molecule has 0 aliphatic carbocycles. The van der Waals surface area contributed by atoms with Gasteiger partial charge in [-0.3, -0.25) is 9.78 Å². The highest BCUT2D eigenvalue weighted by Crippen LogP contribution is 2.22. The lowest BCUT2D eigenvalue weighted by Crippen LogP contribution is -2.25. The number of benzene rings is 2. The summed E-state index contributed by atoms with van der Waals surface area (Å²) in [5.41, 5.74) is 4.30. The summed E-state index contributed by atoms with van der Waals surface area (Å²) in [6.07, 6.45) is 4.92. The van der Waals surface area contributed by atoms with E-state index in [9.17, 15) is 4.79 Å². The minimum atomic E-state index is -0.205. The van der Waals surface area contributed by atoms with E-state index in [2.05, 4.69) is 20.8 Å². The Kier molecular flexibility index (Phi) is 4.59. The van der Waals surface area contributed by atoms with E-state index in [0.717, 1.165) is 22.0 Å². The first kappa shape index (κ1) is 14.7. The zero-order valence-corrected chi connectivity index (χ0v) is 12.4. The van der Waals surface area contributed by atoms with Crippen molar-refractivity contribution >= 4 is 28.6 Å². The van der Waals surface area contributed by atoms with Gasteiger partial charge in [0.2, 0.25) is 0 Å². The molecule has 0 aliphatic rings. The van der Waals surface area contributed by atoms with Gasteiger partial charge in [-0.05, 0) is 29.1 Å². The molecule has 0 spiro atoms. The molecule has 0 bridgehead atoms. The minimum absolute atomic E-state index is 0.154. The van der Waals surface area contributed by atoms with Crippen LogP contribution < -0.4 is 10.7 Å². The van der Waals surface area contributed by atoms with Crippen LogP contribution in [-0.4, -0.2) is 23.7 Å². The van der Waals surface area contributed by atoms with Crippen molar-refractivity contribution in [3.63, 3.8) is 0 Å². The Morgan fingerprint density at radius 2 is 1.83 bits per heavy atom. The second-order valence-electron chi connectivity index (χ2n) is 4.95. The fraction of sp³-hybridized carbons (Fsp3) is 0.0556. The third-order valence-corrected chi connectivity index (χ3v) is 3.34. The summed E-state index contributed by atoms with van der Waals surface area (Å²) in [5.74, 6) is -0.205. The Labute approximate surface area is 134 Å². The van der Waals surface area contributed by atoms with Gasteiger partial charge in [0.1, 0.15) is 0 Å². The van der Waals surface area contributed by atoms with Gasteiger partial charge in [-0.2, -0.15) is 5.10 Å². The molecule has 0 radical (unpaired) electrons. The molecule has 5 nitrogen and oxygen atoms in total. The molecule has 23 heavy (non-hydrogen) atoms. The van der Waals surface area contributed by atoms with E-state index in [1.54, 1.807) is 18.6 Å². The standard InChI is InChI=1S/C18H16N4O/c23-18(22-21-12-14-8-10-19-11-9-14)13-20-17-7-3-5-15-4-1-2-6-16(15)17/h1-12,20H,13H2,(H,22,23)/b21-12-. The van der Waals surface area contributed by atoms with Crippen molar-refractivity contribution in [3.05, 3.63) is 72.6 Å². The summed E-state index contributed by atoms with van der Waals surface area (Å²) in [6, 6.07) is 17.6. The van der Waals surface area contributed by atoms with Crippen LogP contribution in [0.4, 0.5) is 5.69 Å². The van der Waals surface area contributed by atoms with E-state index in [0.29, 0.717) is 0 Å². The molecule has 2 N–H and O–H groups in total. The molecule has 1 heterocycles. The number of nitrogens with one attached hydrogen (secondary N) is 2. The van der Waals surface area contributed by atoms with Crippen molar-refractivity contribution in [2.45, 2.75) is 0 Å². The number of anilines is 1. The number of hydrogen-bond donors (Lipinski definition) is 2. The van der Waals surface area contributed by atoms with E-state index in [-0.39, 0.29) is 12.5 Å². The summed E-state index contributed by atoms with van der Waals surface area (Å²) in [6.45, 7) is 0.154. The van der Waals surface area contributed by atoms with Crippen LogP contribution in [-0.2, 0) is 4.79 Å². The summed E-state index contributed by atoms with van der Waals surface area (Å²) in [4.78, 5) is 15.8. The number of hydrogen-bond acceptors (Lipinski definition) is 4. The van der Waals surface area contributed by atoms with Crippen LogP contribution in [0.25, 0.3) is 10.8 Å². The quantitative estimate of drug-likeness (QED) is 0.562. The first-order chi connectivity index (χ1) is 11.3. The molecule has 0 saturated heterocycles. The van der Waals surface area contributed by atoms with Gasteiger partial charge < -0.3 is 5.32 Å². The highest BCUT2D eigenvalue weighted by Gasteiger charge is 2.02. The maximum atomic E-state index is 11.8. The summed E-state index contributed by atoms with van der Waals surface area (Å²) in [7, 11) is 0. The normalized spacial score (nSPS) is 10.8. The molecule has 0 aliphatic heterocycles. The predicted octanol–water partition coefficient (Wildman–Crippen LogP) is 2.80. The molecule has 2 aromatic carbocycles. The molecule has 5 heteroatoms. The van der Waals surface area contributed by atoms with Gasteiger partial charge in [-0.25, -0.2) is 5.43 Å². The molecule has 3 rings (SSSR count). The SMILES string of the molecule is O=C(CNc1cccc2ccccc12)N/N=C\c1ccncc1. The lowest BCUT2D eigenvalue weighted by Gasteiger charge is -2.08. The van der Waals surface area contributed by atoms with Crippen molar-refractivity contribution in [1.29, 1.82) is 0 Å². The first-order valence-corrected chi connectivity index (χ1v) is 7.26. The molecule has 0 atom stereocenters. The van der Waals surface area contributed by atoms with E-state index in [1.165, 1.54) is 0 Å². The lowest BCUT2D eigenvalue weighted by molar-refractivity contribution is -0.119. The summed E-state index contributed by atoms with van der Waals surface area (Å²) < 4.78 is 0. The number of aromatic nitrogens is 1. The molecular formula is C18H16N4O. The van der Waals surface area contributed by atoms with Gasteiger partial charge in [0.05, 0.1) is 12.8 Å². The molecule has 1 amide bonds. The third kappa shape index (κ3) is 3.91. The van der Waals surface area contributed by atoms with Gasteiger partial charge in [0.15, 0.2) is 0 Å². The van der Waals surface area contributed by atoms with Crippen molar-refractivity contribution in [3.8, 4) is 0 Å². The van der Waals surface area contributed by atoms with Crippen LogP contribution in [0.3, 0.4) is 0 Å². The average molecular weight is 304 g/mol. The van der Waals surface area contributed by atoms with Crippen LogP contribution in [0.2, 0.25) is 0 Å². The number of pyridine rings is 1. The molecule has 0 fully saturated rings. The average Bonchev–Trinajstić information content (AvgIpc) is 2.61. The number of amides is 1. The van der Waals surface area contributed by atoms with Crippen LogP contribution in [0, 0.1) is 0 Å². The highest BCUT2D eigenvalue weighted by molar-refractivity contribution is 5.95. The molecule has 0 unspecified atom stereocenters. The van der Waals surface area contributed by atoms with Crippen LogP contribution in [0.1, 0.15) is 5.56 Å². The van der Waals surface area contributed by atoms with Crippen molar-refractivity contribution in [1.82, 2.24) is 10.4 Å². The van der Waals surface area contributed by atoms with E-state index >= 15 is 0 Å². The molecule has 3 aromatic rings. The summed E-state index contributed by atoms with van der Waals surface area (Å²) >= 11 is 0. The van der Waals surface area contributed by atoms with Gasteiger partial charge in [0.25, 0.3) is 5.91 Å². The zero-order chi connectivity index (χ0) is 15.9. The maximum Gasteiger partial charge on any atom is 0.259 e. The fourth-order valence-electron chi connectivity index (χ4n) is 2.22. The Balaban J connectivity index is 1.57. The lowest BCUT2D eigenvalue weighted by atomic mass is 10.1. The van der Waals surface area contributed by atoms with Crippen LogP contribution in [0.5, 0.6) is 0 Å². The topological polar surface area (TPSA) is 66.4 Å². The second-order valence-corrected chi connectivity index (χ2v) is 4.95. The maximum absolute atomic E-state index is 11.8. The monoisotopic (exact) mass is 304 g/mol. The molecular weight excluding hydrogens is 288 g/mol. The number of fused-ring (bicyclic) bond motifs is 1. The first-order valence-electron chi connectivity index (χ1n) is 7.26.